The Balaban J connectivity index is 2.16. The predicted octanol–water partition coefficient (Wildman–Crippen LogP) is 2.65. The van der Waals surface area contributed by atoms with Gasteiger partial charge in [0.2, 0.25) is 0 Å². The van der Waals surface area contributed by atoms with Crippen molar-refractivity contribution < 1.29 is 14.3 Å². The Morgan fingerprint density at radius 3 is 2.50 bits per heavy atom. The fourth-order valence-corrected chi connectivity index (χ4v) is 2.56. The summed E-state index contributed by atoms with van der Waals surface area (Å²) in [5, 5.41) is 2.76. The maximum absolute atomic E-state index is 12.1. The van der Waals surface area contributed by atoms with E-state index in [0.29, 0.717) is 12.2 Å². The molecule has 24 heavy (non-hydrogen) atoms. The van der Waals surface area contributed by atoms with Gasteiger partial charge in [0.25, 0.3) is 0 Å². The number of carbonyl (C=O) groups is 1. The molecule has 1 aromatic carbocycles. The molecule has 1 aromatic heterocycles. The van der Waals surface area contributed by atoms with E-state index in [4.69, 9.17) is 9.47 Å². The van der Waals surface area contributed by atoms with Gasteiger partial charge in [-0.05, 0) is 38.5 Å². The molecule has 2 rings (SSSR count). The Kier molecular flexibility index (Phi) is 5.61. The Labute approximate surface area is 144 Å². The fourth-order valence-electron chi connectivity index (χ4n) is 2.05. The van der Waals surface area contributed by atoms with Crippen molar-refractivity contribution >= 4 is 17.6 Å². The number of aromatic nitrogens is 2. The minimum absolute atomic E-state index is 0.268. The molecule has 0 bridgehead atoms. The van der Waals surface area contributed by atoms with Crippen LogP contribution in [-0.4, -0.2) is 28.2 Å². The lowest BCUT2D eigenvalue weighted by atomic mass is 10.1. The van der Waals surface area contributed by atoms with E-state index in [1.165, 1.54) is 0 Å². The molecule has 0 spiro atoms. The molecule has 0 aliphatic heterocycles. The molecule has 0 aliphatic carbocycles. The van der Waals surface area contributed by atoms with Gasteiger partial charge in [-0.3, -0.25) is 9.78 Å². The van der Waals surface area contributed by atoms with Gasteiger partial charge in [0.15, 0.2) is 0 Å². The highest BCUT2D eigenvalue weighted by molar-refractivity contribution is 7.02. The number of alkyl carbamates (subject to hydrolysis) is 1. The summed E-state index contributed by atoms with van der Waals surface area (Å²) in [5.41, 5.74) is 0.357. The first kappa shape index (κ1) is 18.0. The highest BCUT2D eigenvalue weighted by atomic mass is 32.1. The molecule has 130 valence electrons. The van der Waals surface area contributed by atoms with E-state index in [1.54, 1.807) is 27.9 Å². The number of benzene rings is 1. The van der Waals surface area contributed by atoms with Gasteiger partial charge in [0, 0.05) is 18.0 Å². The highest BCUT2D eigenvalue weighted by Crippen LogP contribution is 2.19. The molecule has 0 saturated carbocycles. The zero-order chi connectivity index (χ0) is 17.7. The van der Waals surface area contributed by atoms with E-state index in [1.807, 2.05) is 24.3 Å². The molecule has 0 fully saturated rings. The molecule has 1 amide bonds. The van der Waals surface area contributed by atoms with Gasteiger partial charge in [-0.1, -0.05) is 12.1 Å². The van der Waals surface area contributed by atoms with Crippen molar-refractivity contribution in [3.8, 4) is 5.75 Å². The van der Waals surface area contributed by atoms with E-state index in [2.05, 4.69) is 14.7 Å². The molecule has 8 heteroatoms. The van der Waals surface area contributed by atoms with Crippen LogP contribution < -0.4 is 14.9 Å². The van der Waals surface area contributed by atoms with Crippen LogP contribution in [0, 0.1) is 0 Å². The van der Waals surface area contributed by atoms with Crippen molar-refractivity contribution in [2.75, 3.05) is 7.11 Å². The summed E-state index contributed by atoms with van der Waals surface area (Å²) in [6.07, 6.45) is -0.0991. The number of H-pyrrole nitrogens is 1. The summed E-state index contributed by atoms with van der Waals surface area (Å²) in [6, 6.07) is 6.97. The Morgan fingerprint density at radius 1 is 1.33 bits per heavy atom. The number of nitrogens with zero attached hydrogens (tertiary/aromatic N) is 1. The summed E-state index contributed by atoms with van der Waals surface area (Å²) < 4.78 is 14.5. The number of amides is 1. The van der Waals surface area contributed by atoms with Crippen molar-refractivity contribution in [3.63, 3.8) is 0 Å². The number of nitrogens with one attached hydrogen (secondary N) is 2. The molecule has 0 saturated heterocycles. The van der Waals surface area contributed by atoms with E-state index >= 15 is 0 Å². The molecular formula is C16H21N3O4S. The largest absolute Gasteiger partial charge is 0.497 e. The number of carbonyl (C=O) groups excluding carboxylic acids is 1. The third-order valence-corrected chi connectivity index (χ3v) is 3.63. The van der Waals surface area contributed by atoms with E-state index in [0.717, 1.165) is 22.8 Å². The van der Waals surface area contributed by atoms with Crippen molar-refractivity contribution in [1.29, 1.82) is 0 Å². The van der Waals surface area contributed by atoms with Crippen molar-refractivity contribution in [2.24, 2.45) is 0 Å². The standard InChI is InChI=1S/C16H21N3O4S/c1-16(2,3)23-14(20)17-12(13-18-15(21)24-19-13)9-10-5-7-11(22-4)8-6-10/h5-8,12H,9H2,1-4H3,(H,17,20)(H,18,19,21). The molecule has 0 aliphatic rings. The quantitative estimate of drug-likeness (QED) is 0.864. The third kappa shape index (κ3) is 5.38. The van der Waals surface area contributed by atoms with Crippen molar-refractivity contribution in [3.05, 3.63) is 45.3 Å². The van der Waals surface area contributed by atoms with Gasteiger partial charge in [-0.15, -0.1) is 0 Å². The van der Waals surface area contributed by atoms with Crippen LogP contribution in [0.3, 0.4) is 0 Å². The Hall–Kier alpha value is -2.35. The van der Waals surface area contributed by atoms with Crippen LogP contribution in [0.2, 0.25) is 0 Å². The monoisotopic (exact) mass is 351 g/mol. The van der Waals surface area contributed by atoms with E-state index in [-0.39, 0.29) is 4.87 Å². The number of hydrogen-bond donors (Lipinski definition) is 2. The van der Waals surface area contributed by atoms with E-state index in [9.17, 15) is 9.59 Å². The van der Waals surface area contributed by atoms with Crippen LogP contribution in [-0.2, 0) is 11.2 Å². The minimum Gasteiger partial charge on any atom is -0.497 e. The molecular weight excluding hydrogens is 330 g/mol. The van der Waals surface area contributed by atoms with E-state index < -0.39 is 17.7 Å². The Bertz CT molecular complexity index is 731. The van der Waals surface area contributed by atoms with Crippen molar-refractivity contribution in [2.45, 2.75) is 38.8 Å². The van der Waals surface area contributed by atoms with Crippen molar-refractivity contribution in [1.82, 2.24) is 14.7 Å². The number of ether oxygens (including phenoxy) is 2. The molecule has 2 aromatic rings. The third-order valence-electron chi connectivity index (χ3n) is 3.08. The van der Waals surface area contributed by atoms with Crippen LogP contribution in [0.1, 0.15) is 38.2 Å². The molecule has 7 nitrogen and oxygen atoms in total. The van der Waals surface area contributed by atoms with Gasteiger partial charge in [-0.25, -0.2) is 4.79 Å². The maximum Gasteiger partial charge on any atom is 0.408 e. The lowest BCUT2D eigenvalue weighted by Crippen LogP contribution is -2.36. The average molecular weight is 351 g/mol. The number of hydrogen-bond acceptors (Lipinski definition) is 6. The smallest absolute Gasteiger partial charge is 0.408 e. The molecule has 1 unspecified atom stereocenters. The molecule has 0 radical (unpaired) electrons. The second-order valence-electron chi connectivity index (χ2n) is 6.23. The summed E-state index contributed by atoms with van der Waals surface area (Å²) in [4.78, 5) is 25.8. The van der Waals surface area contributed by atoms with Gasteiger partial charge in [0.05, 0.1) is 13.2 Å². The SMILES string of the molecule is COc1ccc(CC(NC(=O)OC(C)(C)C)c2nsc(=O)[nH]2)cc1. The zero-order valence-corrected chi connectivity index (χ0v) is 14.9. The number of rotatable bonds is 5. The molecule has 1 atom stereocenters. The van der Waals surface area contributed by atoms with Crippen LogP contribution >= 0.6 is 11.5 Å². The highest BCUT2D eigenvalue weighted by Gasteiger charge is 2.23. The number of aromatic amines is 1. The topological polar surface area (TPSA) is 93.3 Å². The summed E-state index contributed by atoms with van der Waals surface area (Å²) >= 11 is 0.816. The summed E-state index contributed by atoms with van der Waals surface area (Å²) in [5.74, 6) is 1.16. The van der Waals surface area contributed by atoms with Crippen LogP contribution in [0.25, 0.3) is 0 Å². The first-order valence-corrected chi connectivity index (χ1v) is 8.22. The Morgan fingerprint density at radius 2 is 2.00 bits per heavy atom. The predicted molar refractivity (Wildman–Crippen MR) is 91.5 cm³/mol. The van der Waals surface area contributed by atoms with Crippen LogP contribution in [0.15, 0.2) is 29.1 Å². The maximum atomic E-state index is 12.1. The van der Waals surface area contributed by atoms with Gasteiger partial charge < -0.3 is 14.8 Å². The van der Waals surface area contributed by atoms with Crippen LogP contribution in [0.4, 0.5) is 4.79 Å². The fraction of sp³-hybridized carbons (Fsp3) is 0.438. The zero-order valence-electron chi connectivity index (χ0n) is 14.1. The first-order chi connectivity index (χ1) is 11.3. The second kappa shape index (κ2) is 7.48. The molecule has 1 heterocycles. The lowest BCUT2D eigenvalue weighted by molar-refractivity contribution is 0.0501. The normalized spacial score (nSPS) is 12.5. The van der Waals surface area contributed by atoms with Gasteiger partial charge >= 0.3 is 11.0 Å². The molecule has 2 N–H and O–H groups in total. The summed E-state index contributed by atoms with van der Waals surface area (Å²) in [6.45, 7) is 5.36. The second-order valence-corrected chi connectivity index (χ2v) is 6.97. The lowest BCUT2D eigenvalue weighted by Gasteiger charge is -2.22. The van der Waals surface area contributed by atoms with Gasteiger partial charge in [-0.2, -0.15) is 4.37 Å². The minimum atomic E-state index is -0.607. The summed E-state index contributed by atoms with van der Waals surface area (Å²) in [7, 11) is 1.60. The van der Waals surface area contributed by atoms with Crippen LogP contribution in [0.5, 0.6) is 5.75 Å². The van der Waals surface area contributed by atoms with Gasteiger partial charge in [0.1, 0.15) is 17.2 Å². The first-order valence-electron chi connectivity index (χ1n) is 7.45. The number of methoxy groups -OCH3 is 1. The average Bonchev–Trinajstić information content (AvgIpc) is 2.92.